The molecule has 0 bridgehead atoms. The number of aliphatic hydroxyl groups excluding tert-OH is 1. The molecule has 3 fully saturated rings. The third-order valence-electron chi connectivity index (χ3n) is 10.9. The molecule has 0 aromatic carbocycles. The Labute approximate surface area is 228 Å². The molecule has 0 radical (unpaired) electrons. The highest BCUT2D eigenvalue weighted by atomic mass is 32.3. The zero-order chi connectivity index (χ0) is 28.1. The lowest BCUT2D eigenvalue weighted by Crippen LogP contribution is -2.53. The molecule has 0 spiro atoms. The van der Waals surface area contributed by atoms with Crippen LogP contribution in [0.1, 0.15) is 91.9 Å². The Morgan fingerprint density at radius 2 is 1.71 bits per heavy atom. The highest BCUT2D eigenvalue weighted by molar-refractivity contribution is 7.81. The maximum atomic E-state index is 11.3. The van der Waals surface area contributed by atoms with Gasteiger partial charge in [0.05, 0.1) is 6.61 Å². The van der Waals surface area contributed by atoms with Crippen molar-refractivity contribution in [2.75, 3.05) is 6.61 Å². The standard InChI is InChI=1S/C27H46O9S2/c1-17(2)6-5-7-18(16-35-37(29,30)31)21-10-11-22-20-9-8-19-14-24(28)25(36-38(32,33)34)15-27(19,4)23(20)12-13-26(21,22)3/h15,17-24,28H,5-14,16H2,1-4H3,(H,29,30,31)(H,32,33,34)/p-2/t18-,19-,20-,21+,22-,23-,24?,26+,27-/m0/s1. The second kappa shape index (κ2) is 10.9. The molecule has 0 amide bonds. The van der Waals surface area contributed by atoms with Crippen LogP contribution in [0.15, 0.2) is 11.8 Å². The van der Waals surface area contributed by atoms with Gasteiger partial charge in [0.1, 0.15) is 11.9 Å². The lowest BCUT2D eigenvalue weighted by molar-refractivity contribution is -0.0975. The number of fused-ring (bicyclic) bond motifs is 5. The maximum Gasteiger partial charge on any atom is 0.262 e. The van der Waals surface area contributed by atoms with Gasteiger partial charge in [0, 0.05) is 0 Å². The van der Waals surface area contributed by atoms with Crippen molar-refractivity contribution in [3.63, 3.8) is 0 Å². The summed E-state index contributed by atoms with van der Waals surface area (Å²) in [6, 6.07) is 0. The Hall–Kier alpha value is -0.720. The van der Waals surface area contributed by atoms with Crippen LogP contribution in [-0.4, -0.2) is 43.8 Å². The van der Waals surface area contributed by atoms with Crippen LogP contribution >= 0.6 is 0 Å². The molecule has 4 aliphatic carbocycles. The fourth-order valence-corrected chi connectivity index (χ4v) is 9.96. The summed E-state index contributed by atoms with van der Waals surface area (Å²) in [4.78, 5) is 0. The predicted octanol–water partition coefficient (Wildman–Crippen LogP) is 4.51. The summed E-state index contributed by atoms with van der Waals surface area (Å²) >= 11 is 0. The fourth-order valence-electron chi connectivity index (χ4n) is 9.23. The van der Waals surface area contributed by atoms with E-state index in [2.05, 4.69) is 31.9 Å². The molecular formula is C27H44O9S2-2. The quantitative estimate of drug-likeness (QED) is 0.292. The number of aliphatic hydroxyl groups is 1. The third-order valence-corrected chi connectivity index (χ3v) is 11.7. The minimum absolute atomic E-state index is 0.00154. The first-order valence-corrected chi connectivity index (χ1v) is 16.9. The third kappa shape index (κ3) is 6.28. The van der Waals surface area contributed by atoms with Crippen molar-refractivity contribution >= 4 is 20.8 Å². The number of hydrogen-bond acceptors (Lipinski definition) is 9. The van der Waals surface area contributed by atoms with Crippen LogP contribution in [0.25, 0.3) is 0 Å². The Morgan fingerprint density at radius 3 is 2.34 bits per heavy atom. The van der Waals surface area contributed by atoms with E-state index >= 15 is 0 Å². The molecule has 3 saturated carbocycles. The maximum absolute atomic E-state index is 11.3. The second-order valence-electron chi connectivity index (χ2n) is 13.3. The highest BCUT2D eigenvalue weighted by Crippen LogP contribution is 2.68. The van der Waals surface area contributed by atoms with Gasteiger partial charge in [-0.3, -0.25) is 4.18 Å². The van der Waals surface area contributed by atoms with E-state index in [1.807, 2.05) is 0 Å². The first-order valence-electron chi connectivity index (χ1n) is 14.2. The summed E-state index contributed by atoms with van der Waals surface area (Å²) in [6.45, 7) is 8.73. The molecule has 9 nitrogen and oxygen atoms in total. The molecular weight excluding hydrogens is 532 g/mol. The Kier molecular flexibility index (Phi) is 8.70. The van der Waals surface area contributed by atoms with Crippen molar-refractivity contribution in [2.24, 2.45) is 52.3 Å². The van der Waals surface area contributed by atoms with Gasteiger partial charge in [0.2, 0.25) is 10.4 Å². The lowest BCUT2D eigenvalue weighted by Gasteiger charge is -2.60. The minimum atomic E-state index is -4.98. The number of hydrogen-bond donors (Lipinski definition) is 1. The van der Waals surface area contributed by atoms with E-state index in [9.17, 15) is 31.0 Å². The Morgan fingerprint density at radius 1 is 1.00 bits per heavy atom. The molecule has 38 heavy (non-hydrogen) atoms. The molecule has 11 heteroatoms. The summed E-state index contributed by atoms with van der Waals surface area (Å²) in [7, 11) is -9.73. The van der Waals surface area contributed by atoms with Gasteiger partial charge in [-0.15, -0.1) is 0 Å². The van der Waals surface area contributed by atoms with Crippen LogP contribution in [0.5, 0.6) is 0 Å². The molecule has 4 rings (SSSR count). The molecule has 0 saturated heterocycles. The average Bonchev–Trinajstić information content (AvgIpc) is 3.12. The van der Waals surface area contributed by atoms with Crippen molar-refractivity contribution in [3.8, 4) is 0 Å². The zero-order valence-corrected chi connectivity index (χ0v) is 24.6. The Balaban J connectivity index is 1.57. The van der Waals surface area contributed by atoms with Gasteiger partial charge < -0.3 is 18.4 Å². The van der Waals surface area contributed by atoms with E-state index in [4.69, 9.17) is 4.18 Å². The molecule has 4 aliphatic rings. The van der Waals surface area contributed by atoms with E-state index in [-0.39, 0.29) is 46.9 Å². The van der Waals surface area contributed by atoms with Gasteiger partial charge in [-0.05, 0) is 110 Å². The smallest absolute Gasteiger partial charge is 0.262 e. The monoisotopic (exact) mass is 576 g/mol. The molecule has 0 aromatic heterocycles. The molecule has 220 valence electrons. The first kappa shape index (κ1) is 30.2. The summed E-state index contributed by atoms with van der Waals surface area (Å²) in [5.74, 6) is 1.95. The predicted molar refractivity (Wildman–Crippen MR) is 139 cm³/mol. The van der Waals surface area contributed by atoms with Crippen molar-refractivity contribution < 1.29 is 39.4 Å². The number of allylic oxidation sites excluding steroid dienone is 1. The van der Waals surface area contributed by atoms with Crippen molar-refractivity contribution in [2.45, 2.75) is 98.0 Å². The summed E-state index contributed by atoms with van der Waals surface area (Å²) in [5, 5.41) is 10.5. The topological polar surface area (TPSA) is 153 Å². The summed E-state index contributed by atoms with van der Waals surface area (Å²) in [5.41, 5.74) is -0.379. The van der Waals surface area contributed by atoms with E-state index in [0.29, 0.717) is 24.2 Å². The first-order chi connectivity index (χ1) is 17.5. The van der Waals surface area contributed by atoms with Crippen LogP contribution in [0.2, 0.25) is 0 Å². The van der Waals surface area contributed by atoms with Crippen LogP contribution in [0.3, 0.4) is 0 Å². The van der Waals surface area contributed by atoms with Crippen LogP contribution in [-0.2, 0) is 29.2 Å². The minimum Gasteiger partial charge on any atom is -0.726 e. The summed E-state index contributed by atoms with van der Waals surface area (Å²) in [6.07, 6.45) is 9.66. The largest absolute Gasteiger partial charge is 0.726 e. The second-order valence-corrected chi connectivity index (χ2v) is 15.3. The van der Waals surface area contributed by atoms with Gasteiger partial charge >= 0.3 is 0 Å². The molecule has 0 heterocycles. The van der Waals surface area contributed by atoms with Crippen molar-refractivity contribution in [1.82, 2.24) is 0 Å². The highest BCUT2D eigenvalue weighted by Gasteiger charge is 2.61. The average molecular weight is 577 g/mol. The fraction of sp³-hybridized carbons (Fsp3) is 0.926. The van der Waals surface area contributed by atoms with E-state index < -0.39 is 26.9 Å². The zero-order valence-electron chi connectivity index (χ0n) is 23.0. The molecule has 0 aliphatic heterocycles. The van der Waals surface area contributed by atoms with E-state index in [0.717, 1.165) is 57.8 Å². The van der Waals surface area contributed by atoms with Gasteiger partial charge in [-0.2, -0.15) is 0 Å². The van der Waals surface area contributed by atoms with Crippen LogP contribution in [0.4, 0.5) is 0 Å². The van der Waals surface area contributed by atoms with Gasteiger partial charge in [-0.25, -0.2) is 16.8 Å². The van der Waals surface area contributed by atoms with E-state index in [1.165, 1.54) is 0 Å². The van der Waals surface area contributed by atoms with Crippen molar-refractivity contribution in [3.05, 3.63) is 11.8 Å². The molecule has 9 atom stereocenters. The Bertz CT molecular complexity index is 1100. The molecule has 1 N–H and O–H groups in total. The van der Waals surface area contributed by atoms with Gasteiger partial charge in [-0.1, -0.05) is 40.5 Å². The van der Waals surface area contributed by atoms with Crippen LogP contribution < -0.4 is 0 Å². The van der Waals surface area contributed by atoms with Crippen molar-refractivity contribution in [1.29, 1.82) is 0 Å². The molecule has 0 aromatic rings. The van der Waals surface area contributed by atoms with Crippen LogP contribution in [0, 0.1) is 52.3 Å². The van der Waals surface area contributed by atoms with E-state index in [1.54, 1.807) is 6.08 Å². The normalized spacial score (nSPS) is 40.2. The lowest BCUT2D eigenvalue weighted by atomic mass is 9.45. The summed E-state index contributed by atoms with van der Waals surface area (Å²) < 4.78 is 77.4. The number of rotatable bonds is 10. The SMILES string of the molecule is CC(C)CCC[C@@H](COS(=O)(=O)[O-])[C@H]1CC[C@H]2[C@@H]3CC[C@H]4CC(O)C(OS(=O)(=O)[O-])=C[C@]4(C)[C@H]3CC[C@]12C. The molecule has 1 unspecified atom stereocenters. The van der Waals surface area contributed by atoms with Gasteiger partial charge in [0.25, 0.3) is 10.4 Å². The van der Waals surface area contributed by atoms with Gasteiger partial charge in [0.15, 0.2) is 0 Å².